The van der Waals surface area contributed by atoms with Crippen molar-refractivity contribution in [2.24, 2.45) is 0 Å². The van der Waals surface area contributed by atoms with E-state index < -0.39 is 5.97 Å². The van der Waals surface area contributed by atoms with Gasteiger partial charge in [0.2, 0.25) is 5.91 Å². The number of rotatable bonds is 6. The fourth-order valence-electron chi connectivity index (χ4n) is 6.01. The number of aromatic carboxylic acids is 1. The second kappa shape index (κ2) is 9.86. The van der Waals surface area contributed by atoms with E-state index >= 15 is 0 Å². The number of carboxylic acid groups (broad SMARTS) is 1. The van der Waals surface area contributed by atoms with Crippen molar-refractivity contribution >= 4 is 22.8 Å². The lowest BCUT2D eigenvalue weighted by Crippen LogP contribution is -2.36. The molecule has 1 aliphatic carbocycles. The van der Waals surface area contributed by atoms with Gasteiger partial charge in [-0.1, -0.05) is 49.6 Å². The van der Waals surface area contributed by atoms with E-state index in [1.165, 1.54) is 24.8 Å². The molecule has 2 aliphatic rings. The summed E-state index contributed by atoms with van der Waals surface area (Å²) in [5.74, 6) is -0.425. The Morgan fingerprint density at radius 3 is 2.40 bits per heavy atom. The Balaban J connectivity index is 1.65. The smallest absolute Gasteiger partial charge is 0.335 e. The number of aromatic nitrogens is 1. The molecule has 1 unspecified atom stereocenters. The van der Waals surface area contributed by atoms with Gasteiger partial charge in [-0.2, -0.15) is 0 Å². The topological polar surface area (TPSA) is 65.8 Å². The third-order valence-electron chi connectivity index (χ3n) is 7.95. The number of likely N-dealkylation sites (tertiary alicyclic amines) is 1. The molecule has 1 amide bonds. The van der Waals surface area contributed by atoms with Gasteiger partial charge in [-0.15, -0.1) is 0 Å². The quantitative estimate of drug-likeness (QED) is 0.533. The zero-order valence-corrected chi connectivity index (χ0v) is 20.7. The Kier molecular flexibility index (Phi) is 6.65. The normalized spacial score (nSPS) is 19.1. The molecule has 0 radical (unpaired) electrons. The number of likely N-dealkylation sites (N-methyl/N-ethyl adjacent to an activating group) is 1. The van der Waals surface area contributed by atoms with Crippen LogP contribution in [0.25, 0.3) is 22.2 Å². The molecule has 0 bridgehead atoms. The van der Waals surface area contributed by atoms with E-state index in [0.717, 1.165) is 54.5 Å². The predicted octanol–water partition coefficient (Wildman–Crippen LogP) is 5.22. The molecule has 2 fully saturated rings. The minimum atomic E-state index is -0.918. The molecule has 6 heteroatoms. The average molecular weight is 474 g/mol. The molecule has 0 spiro atoms. The first-order valence-corrected chi connectivity index (χ1v) is 12.8. The van der Waals surface area contributed by atoms with Crippen LogP contribution >= 0.6 is 0 Å². The van der Waals surface area contributed by atoms with Crippen LogP contribution in [0, 0.1) is 0 Å². The van der Waals surface area contributed by atoms with Gasteiger partial charge in [-0.3, -0.25) is 4.79 Å². The van der Waals surface area contributed by atoms with Gasteiger partial charge in [-0.25, -0.2) is 4.79 Å². The Morgan fingerprint density at radius 1 is 1.00 bits per heavy atom. The lowest BCUT2D eigenvalue weighted by Gasteiger charge is -2.24. The minimum Gasteiger partial charge on any atom is -0.478 e. The molecular formula is C29H35N3O3. The van der Waals surface area contributed by atoms with Gasteiger partial charge in [0.25, 0.3) is 0 Å². The summed E-state index contributed by atoms with van der Waals surface area (Å²) in [6.45, 7) is 1.80. The van der Waals surface area contributed by atoms with Crippen molar-refractivity contribution in [1.29, 1.82) is 0 Å². The standard InChI is InChI=1S/C29H35N3O3/c1-30(2)23-15-16-31(18-23)26(33)19-32-25-14-13-22(29(34)35)17-24(25)27(20-9-5-3-6-10-20)28(32)21-11-7-4-8-12-21/h4,7-8,11-14,17,20,23H,3,5-6,9-10,15-16,18-19H2,1-2H3,(H,34,35). The van der Waals surface area contributed by atoms with Crippen LogP contribution in [0.5, 0.6) is 0 Å². The molecule has 184 valence electrons. The Hall–Kier alpha value is -3.12. The van der Waals surface area contributed by atoms with E-state index in [2.05, 4.69) is 35.7 Å². The molecule has 1 N–H and O–H groups in total. The highest BCUT2D eigenvalue weighted by molar-refractivity contribution is 5.99. The maximum Gasteiger partial charge on any atom is 0.335 e. The van der Waals surface area contributed by atoms with Crippen LogP contribution in [-0.2, 0) is 11.3 Å². The van der Waals surface area contributed by atoms with Gasteiger partial charge in [-0.05, 0) is 68.6 Å². The Labute approximate surface area is 207 Å². The number of fused-ring (bicyclic) bond motifs is 1. The highest BCUT2D eigenvalue weighted by Gasteiger charge is 2.31. The highest BCUT2D eigenvalue weighted by atomic mass is 16.4. The lowest BCUT2D eigenvalue weighted by atomic mass is 9.81. The third kappa shape index (κ3) is 4.59. The van der Waals surface area contributed by atoms with Crippen molar-refractivity contribution in [3.05, 3.63) is 59.7 Å². The second-order valence-electron chi connectivity index (χ2n) is 10.3. The van der Waals surface area contributed by atoms with Crippen molar-refractivity contribution in [2.45, 2.75) is 57.0 Å². The summed E-state index contributed by atoms with van der Waals surface area (Å²) in [4.78, 5) is 29.6. The van der Waals surface area contributed by atoms with Crippen LogP contribution in [0.3, 0.4) is 0 Å². The van der Waals surface area contributed by atoms with Gasteiger partial charge in [0, 0.05) is 30.0 Å². The molecule has 2 heterocycles. The predicted molar refractivity (Wildman–Crippen MR) is 139 cm³/mol. The van der Waals surface area contributed by atoms with Crippen molar-refractivity contribution < 1.29 is 14.7 Å². The van der Waals surface area contributed by atoms with E-state index in [1.807, 2.05) is 35.2 Å². The first kappa shape index (κ1) is 23.6. The van der Waals surface area contributed by atoms with E-state index in [4.69, 9.17) is 0 Å². The number of carbonyl (C=O) groups is 2. The molecule has 1 aromatic heterocycles. The van der Waals surface area contributed by atoms with E-state index in [-0.39, 0.29) is 12.5 Å². The summed E-state index contributed by atoms with van der Waals surface area (Å²) in [6, 6.07) is 16.1. The number of hydrogen-bond donors (Lipinski definition) is 1. The van der Waals surface area contributed by atoms with Crippen molar-refractivity contribution in [2.75, 3.05) is 27.2 Å². The minimum absolute atomic E-state index is 0.126. The van der Waals surface area contributed by atoms with Crippen molar-refractivity contribution in [3.8, 4) is 11.3 Å². The highest BCUT2D eigenvalue weighted by Crippen LogP contribution is 2.44. The van der Waals surface area contributed by atoms with Crippen LogP contribution in [0.1, 0.15) is 60.4 Å². The van der Waals surface area contributed by atoms with Crippen molar-refractivity contribution in [3.63, 3.8) is 0 Å². The summed E-state index contributed by atoms with van der Waals surface area (Å²) >= 11 is 0. The Morgan fingerprint density at radius 2 is 1.74 bits per heavy atom. The SMILES string of the molecule is CN(C)C1CCN(C(=O)Cn2c(-c3ccccc3)c(C3CCCCC3)c3cc(C(=O)O)ccc32)C1. The van der Waals surface area contributed by atoms with Gasteiger partial charge in [0.1, 0.15) is 6.54 Å². The largest absolute Gasteiger partial charge is 0.478 e. The Bertz CT molecular complexity index is 1220. The zero-order valence-electron chi connectivity index (χ0n) is 20.7. The first-order valence-electron chi connectivity index (χ1n) is 12.8. The van der Waals surface area contributed by atoms with Crippen LogP contribution in [0.15, 0.2) is 48.5 Å². The first-order chi connectivity index (χ1) is 16.9. The summed E-state index contributed by atoms with van der Waals surface area (Å²) in [6.07, 6.45) is 6.80. The van der Waals surface area contributed by atoms with Crippen LogP contribution in [-0.4, -0.2) is 64.6 Å². The fourth-order valence-corrected chi connectivity index (χ4v) is 6.01. The molecule has 2 aromatic carbocycles. The summed E-state index contributed by atoms with van der Waals surface area (Å²) in [7, 11) is 4.14. The van der Waals surface area contributed by atoms with Crippen LogP contribution < -0.4 is 0 Å². The molecule has 3 aromatic rings. The summed E-state index contributed by atoms with van der Waals surface area (Å²) in [5, 5.41) is 10.7. The van der Waals surface area contributed by atoms with Crippen molar-refractivity contribution in [1.82, 2.24) is 14.4 Å². The lowest BCUT2D eigenvalue weighted by molar-refractivity contribution is -0.130. The van der Waals surface area contributed by atoms with E-state index in [1.54, 1.807) is 6.07 Å². The summed E-state index contributed by atoms with van der Waals surface area (Å²) < 4.78 is 2.16. The fraction of sp³-hybridized carbons (Fsp3) is 0.448. The number of amides is 1. The molecule has 1 saturated heterocycles. The number of benzene rings is 2. The maximum absolute atomic E-state index is 13.6. The maximum atomic E-state index is 13.6. The monoisotopic (exact) mass is 473 g/mol. The molecule has 1 atom stereocenters. The molecular weight excluding hydrogens is 438 g/mol. The number of hydrogen-bond acceptors (Lipinski definition) is 3. The average Bonchev–Trinajstić information content (AvgIpc) is 3.49. The van der Waals surface area contributed by atoms with Gasteiger partial charge >= 0.3 is 5.97 Å². The van der Waals surface area contributed by atoms with Gasteiger partial charge in [0.15, 0.2) is 0 Å². The van der Waals surface area contributed by atoms with Gasteiger partial charge < -0.3 is 19.5 Å². The van der Waals surface area contributed by atoms with E-state index in [9.17, 15) is 14.7 Å². The molecule has 6 nitrogen and oxygen atoms in total. The van der Waals surface area contributed by atoms with Crippen LogP contribution in [0.2, 0.25) is 0 Å². The number of carboxylic acids is 1. The second-order valence-corrected chi connectivity index (χ2v) is 10.3. The molecule has 1 saturated carbocycles. The zero-order chi connectivity index (χ0) is 24.5. The molecule has 35 heavy (non-hydrogen) atoms. The number of carbonyl (C=O) groups excluding carboxylic acids is 1. The molecule has 5 rings (SSSR count). The number of nitrogens with zero attached hydrogens (tertiary/aromatic N) is 3. The molecule has 1 aliphatic heterocycles. The van der Waals surface area contributed by atoms with E-state index in [0.29, 0.717) is 17.5 Å². The summed E-state index contributed by atoms with van der Waals surface area (Å²) in [5.41, 5.74) is 4.62. The third-order valence-corrected chi connectivity index (χ3v) is 7.95. The van der Waals surface area contributed by atoms with Gasteiger partial charge in [0.05, 0.1) is 11.3 Å². The van der Waals surface area contributed by atoms with Crippen LogP contribution in [0.4, 0.5) is 0 Å².